The zero-order valence-electron chi connectivity index (χ0n) is 11.6. The van der Waals surface area contributed by atoms with E-state index in [1.807, 2.05) is 0 Å². The molecule has 23 heavy (non-hydrogen) atoms. The molecule has 0 atom stereocenters. The monoisotopic (exact) mass is 314 g/mol. The fourth-order valence-electron chi connectivity index (χ4n) is 1.77. The van der Waals surface area contributed by atoms with E-state index in [1.54, 1.807) is 30.3 Å². The van der Waals surface area contributed by atoms with Crippen molar-refractivity contribution in [3.63, 3.8) is 0 Å². The number of carbonyl (C=O) groups excluding carboxylic acids is 1. The molecule has 0 spiro atoms. The number of nitrogens with one attached hydrogen (secondary N) is 1. The van der Waals surface area contributed by atoms with E-state index in [2.05, 4.69) is 10.5 Å². The molecule has 0 bridgehead atoms. The molecular weight excluding hydrogens is 304 g/mol. The van der Waals surface area contributed by atoms with E-state index >= 15 is 0 Å². The first-order valence-electron chi connectivity index (χ1n) is 6.30. The van der Waals surface area contributed by atoms with Crippen molar-refractivity contribution in [2.45, 2.75) is 0 Å². The van der Waals surface area contributed by atoms with Crippen molar-refractivity contribution in [1.29, 1.82) is 0 Å². The van der Waals surface area contributed by atoms with Gasteiger partial charge in [-0.15, -0.1) is 0 Å². The molecular formula is C14H10N4O5. The van der Waals surface area contributed by atoms with Gasteiger partial charge in [-0.25, -0.2) is 0 Å². The number of aldehydes is 1. The van der Waals surface area contributed by atoms with Crippen LogP contribution in [0, 0.1) is 20.2 Å². The van der Waals surface area contributed by atoms with Crippen LogP contribution < -0.4 is 5.43 Å². The van der Waals surface area contributed by atoms with Crippen LogP contribution in [0.25, 0.3) is 0 Å². The Kier molecular flexibility index (Phi) is 4.72. The number of rotatable bonds is 6. The number of nitro groups is 2. The number of carbonyl (C=O) groups is 1. The van der Waals surface area contributed by atoms with E-state index < -0.39 is 21.2 Å². The van der Waals surface area contributed by atoms with E-state index in [4.69, 9.17) is 0 Å². The van der Waals surface area contributed by atoms with Crippen LogP contribution in [-0.2, 0) is 4.79 Å². The fourth-order valence-corrected chi connectivity index (χ4v) is 1.77. The molecule has 0 amide bonds. The number of nitro benzene ring substituents is 2. The minimum Gasteiger partial charge on any atom is -0.296 e. The van der Waals surface area contributed by atoms with Crippen molar-refractivity contribution in [2.75, 3.05) is 5.43 Å². The summed E-state index contributed by atoms with van der Waals surface area (Å²) in [5.41, 5.74) is 1.99. The number of benzene rings is 2. The first kappa shape index (κ1) is 15.8. The van der Waals surface area contributed by atoms with Gasteiger partial charge in [0.1, 0.15) is 11.4 Å². The molecule has 116 valence electrons. The predicted octanol–water partition coefficient (Wildman–Crippen LogP) is 2.52. The van der Waals surface area contributed by atoms with Crippen molar-refractivity contribution in [3.8, 4) is 0 Å². The maximum Gasteiger partial charge on any atom is 0.301 e. The van der Waals surface area contributed by atoms with Gasteiger partial charge in [-0.1, -0.05) is 30.3 Å². The molecule has 0 heterocycles. The Hall–Kier alpha value is -3.62. The number of non-ortho nitro benzene ring substituents is 1. The Labute approximate surface area is 129 Å². The largest absolute Gasteiger partial charge is 0.301 e. The third kappa shape index (κ3) is 3.73. The minimum atomic E-state index is -0.770. The van der Waals surface area contributed by atoms with Gasteiger partial charge in [0.2, 0.25) is 0 Å². The molecule has 2 aromatic carbocycles. The van der Waals surface area contributed by atoms with Crippen molar-refractivity contribution < 1.29 is 14.6 Å². The normalized spacial score (nSPS) is 10.9. The summed E-state index contributed by atoms with van der Waals surface area (Å²) < 4.78 is 0. The maximum atomic E-state index is 11.1. The quantitative estimate of drug-likeness (QED) is 0.377. The molecule has 2 aromatic rings. The zero-order chi connectivity index (χ0) is 16.8. The molecule has 0 aliphatic heterocycles. The lowest BCUT2D eigenvalue weighted by Crippen LogP contribution is -2.06. The Morgan fingerprint density at radius 3 is 2.30 bits per heavy atom. The summed E-state index contributed by atoms with van der Waals surface area (Å²) in [5, 5.41) is 25.5. The van der Waals surface area contributed by atoms with Crippen molar-refractivity contribution in [3.05, 3.63) is 74.3 Å². The lowest BCUT2D eigenvalue weighted by Gasteiger charge is -2.04. The lowest BCUT2D eigenvalue weighted by atomic mass is 10.1. The van der Waals surface area contributed by atoms with Gasteiger partial charge in [0.25, 0.3) is 5.69 Å². The molecule has 9 nitrogen and oxygen atoms in total. The Morgan fingerprint density at radius 1 is 1.04 bits per heavy atom. The highest BCUT2D eigenvalue weighted by Gasteiger charge is 2.19. The summed E-state index contributed by atoms with van der Waals surface area (Å²) in [6, 6.07) is 11.6. The second-order valence-electron chi connectivity index (χ2n) is 4.31. The summed E-state index contributed by atoms with van der Waals surface area (Å²) in [6.07, 6.45) is 0.500. The first-order valence-corrected chi connectivity index (χ1v) is 6.30. The van der Waals surface area contributed by atoms with Crippen LogP contribution >= 0.6 is 0 Å². The van der Waals surface area contributed by atoms with E-state index in [-0.39, 0.29) is 11.4 Å². The van der Waals surface area contributed by atoms with Crippen molar-refractivity contribution in [2.24, 2.45) is 5.10 Å². The van der Waals surface area contributed by atoms with Crippen LogP contribution in [0.15, 0.2) is 53.6 Å². The highest BCUT2D eigenvalue weighted by Crippen LogP contribution is 2.28. The van der Waals surface area contributed by atoms with Gasteiger partial charge in [0.15, 0.2) is 6.29 Å². The Morgan fingerprint density at radius 2 is 1.74 bits per heavy atom. The van der Waals surface area contributed by atoms with E-state index in [1.165, 1.54) is 0 Å². The van der Waals surface area contributed by atoms with Crippen LogP contribution in [0.4, 0.5) is 17.1 Å². The first-order chi connectivity index (χ1) is 11.0. The molecule has 0 aliphatic rings. The minimum absolute atomic E-state index is 0.0400. The van der Waals surface area contributed by atoms with E-state index in [0.717, 1.165) is 18.2 Å². The molecule has 0 aliphatic carbocycles. The third-order valence-electron chi connectivity index (χ3n) is 2.87. The molecule has 0 saturated heterocycles. The van der Waals surface area contributed by atoms with Gasteiger partial charge in [0, 0.05) is 11.6 Å². The summed E-state index contributed by atoms with van der Waals surface area (Å²) in [4.78, 5) is 31.3. The molecule has 9 heteroatoms. The smallest absolute Gasteiger partial charge is 0.296 e. The van der Waals surface area contributed by atoms with Gasteiger partial charge in [0.05, 0.1) is 15.9 Å². The zero-order valence-corrected chi connectivity index (χ0v) is 11.6. The highest BCUT2D eigenvalue weighted by atomic mass is 16.6. The SMILES string of the molecule is O=CC(=NNc1ccc([N+](=O)[O-])cc1[N+](=O)[O-])c1ccccc1. The highest BCUT2D eigenvalue weighted by molar-refractivity contribution is 6.36. The molecule has 1 N–H and O–H groups in total. The van der Waals surface area contributed by atoms with Gasteiger partial charge < -0.3 is 0 Å². The molecule has 0 fully saturated rings. The van der Waals surface area contributed by atoms with Gasteiger partial charge in [-0.05, 0) is 6.07 Å². The van der Waals surface area contributed by atoms with Crippen LogP contribution in [0.2, 0.25) is 0 Å². The summed E-state index contributed by atoms with van der Waals surface area (Å²) >= 11 is 0. The lowest BCUT2D eigenvalue weighted by molar-refractivity contribution is -0.393. The van der Waals surface area contributed by atoms with Gasteiger partial charge in [-0.2, -0.15) is 5.10 Å². The maximum absolute atomic E-state index is 11.1. The summed E-state index contributed by atoms with van der Waals surface area (Å²) in [5.74, 6) is 0. The second kappa shape index (κ2) is 6.89. The van der Waals surface area contributed by atoms with Crippen molar-refractivity contribution >= 4 is 29.1 Å². The topological polar surface area (TPSA) is 128 Å². The Balaban J connectivity index is 2.35. The number of hydrazone groups is 1. The molecule has 2 rings (SSSR count). The molecule has 0 radical (unpaired) electrons. The molecule has 0 saturated carbocycles. The number of anilines is 1. The molecule has 0 unspecified atom stereocenters. The second-order valence-corrected chi connectivity index (χ2v) is 4.31. The van der Waals surface area contributed by atoms with Crippen molar-refractivity contribution in [1.82, 2.24) is 0 Å². The van der Waals surface area contributed by atoms with Gasteiger partial charge in [-0.3, -0.25) is 30.4 Å². The van der Waals surface area contributed by atoms with Crippen LogP contribution in [0.3, 0.4) is 0 Å². The average Bonchev–Trinajstić information content (AvgIpc) is 2.56. The Bertz CT molecular complexity index is 789. The van der Waals surface area contributed by atoms with Crippen LogP contribution in [-0.4, -0.2) is 21.8 Å². The number of nitrogens with zero attached hydrogens (tertiary/aromatic N) is 3. The standard InChI is InChI=1S/C14H10N4O5/c19-9-13(10-4-2-1-3-5-10)16-15-12-7-6-11(17(20)21)8-14(12)18(22)23/h1-9,15H. The summed E-state index contributed by atoms with van der Waals surface area (Å²) in [6.45, 7) is 0. The molecule has 0 aromatic heterocycles. The fraction of sp³-hybridized carbons (Fsp3) is 0. The average molecular weight is 314 g/mol. The van der Waals surface area contributed by atoms with E-state index in [0.29, 0.717) is 11.8 Å². The van der Waals surface area contributed by atoms with Crippen LogP contribution in [0.5, 0.6) is 0 Å². The number of hydrogen-bond donors (Lipinski definition) is 1. The van der Waals surface area contributed by atoms with Gasteiger partial charge >= 0.3 is 5.69 Å². The van der Waals surface area contributed by atoms with E-state index in [9.17, 15) is 25.0 Å². The third-order valence-corrected chi connectivity index (χ3v) is 2.87. The van der Waals surface area contributed by atoms with Crippen LogP contribution in [0.1, 0.15) is 5.56 Å². The predicted molar refractivity (Wildman–Crippen MR) is 82.4 cm³/mol. The summed E-state index contributed by atoms with van der Waals surface area (Å²) in [7, 11) is 0. The number of hydrogen-bond acceptors (Lipinski definition) is 7.